The standard InChI is InChI=1S/C11H12F2/c1-2-9-10(11(9,12)13)8-6-4-3-5-7-8/h3-7,9-10H,2H2,1H3/t9-,10-/m1/s1. The van der Waals surface area contributed by atoms with Gasteiger partial charge >= 0.3 is 0 Å². The molecule has 1 aliphatic rings. The molecule has 0 amide bonds. The average Bonchev–Trinajstić information content (AvgIpc) is 2.69. The van der Waals surface area contributed by atoms with Crippen molar-refractivity contribution in [3.05, 3.63) is 35.9 Å². The summed E-state index contributed by atoms with van der Waals surface area (Å²) in [5.41, 5.74) is 0.777. The molecule has 0 unspecified atom stereocenters. The van der Waals surface area contributed by atoms with Crippen molar-refractivity contribution >= 4 is 0 Å². The third kappa shape index (κ3) is 1.25. The molecular weight excluding hydrogens is 170 g/mol. The van der Waals surface area contributed by atoms with E-state index >= 15 is 0 Å². The van der Waals surface area contributed by atoms with Crippen LogP contribution in [-0.2, 0) is 0 Å². The summed E-state index contributed by atoms with van der Waals surface area (Å²) in [4.78, 5) is 0. The first-order chi connectivity index (χ1) is 6.18. The summed E-state index contributed by atoms with van der Waals surface area (Å²) in [7, 11) is 0. The molecular formula is C11H12F2. The average molecular weight is 182 g/mol. The lowest BCUT2D eigenvalue weighted by molar-refractivity contribution is 0.0926. The van der Waals surface area contributed by atoms with Crippen LogP contribution in [-0.4, -0.2) is 5.92 Å². The Morgan fingerprint density at radius 1 is 1.23 bits per heavy atom. The van der Waals surface area contributed by atoms with E-state index in [9.17, 15) is 8.78 Å². The van der Waals surface area contributed by atoms with Crippen molar-refractivity contribution in [3.63, 3.8) is 0 Å². The largest absolute Gasteiger partial charge is 0.258 e. The highest BCUT2D eigenvalue weighted by molar-refractivity contribution is 5.31. The number of hydrogen-bond donors (Lipinski definition) is 0. The molecule has 0 heterocycles. The van der Waals surface area contributed by atoms with E-state index in [4.69, 9.17) is 0 Å². The van der Waals surface area contributed by atoms with Gasteiger partial charge in [0.05, 0.1) is 5.92 Å². The van der Waals surface area contributed by atoms with Crippen LogP contribution in [0.2, 0.25) is 0 Å². The van der Waals surface area contributed by atoms with Crippen molar-refractivity contribution in [2.24, 2.45) is 5.92 Å². The summed E-state index contributed by atoms with van der Waals surface area (Å²) < 4.78 is 26.3. The topological polar surface area (TPSA) is 0 Å². The van der Waals surface area contributed by atoms with Crippen LogP contribution in [0.15, 0.2) is 30.3 Å². The normalized spacial score (nSPS) is 30.1. The molecule has 2 rings (SSSR count). The third-order valence-corrected chi connectivity index (χ3v) is 2.80. The first kappa shape index (κ1) is 8.67. The molecule has 13 heavy (non-hydrogen) atoms. The SMILES string of the molecule is CC[C@@H]1[C@@H](c2ccccc2)C1(F)F. The molecule has 1 aromatic carbocycles. The molecule has 0 aromatic heterocycles. The van der Waals surface area contributed by atoms with Gasteiger partial charge in [-0.1, -0.05) is 37.3 Å². The van der Waals surface area contributed by atoms with Gasteiger partial charge in [0, 0.05) is 5.92 Å². The summed E-state index contributed by atoms with van der Waals surface area (Å²) in [5, 5.41) is 0. The van der Waals surface area contributed by atoms with Gasteiger partial charge in [0.2, 0.25) is 0 Å². The smallest absolute Gasteiger partial charge is 0.206 e. The Kier molecular flexibility index (Phi) is 1.86. The highest BCUT2D eigenvalue weighted by atomic mass is 19.3. The predicted molar refractivity (Wildman–Crippen MR) is 47.9 cm³/mol. The first-order valence-electron chi connectivity index (χ1n) is 4.60. The highest BCUT2D eigenvalue weighted by Crippen LogP contribution is 2.62. The van der Waals surface area contributed by atoms with Crippen LogP contribution in [0.4, 0.5) is 8.78 Å². The molecule has 0 N–H and O–H groups in total. The maximum absolute atomic E-state index is 13.1. The highest BCUT2D eigenvalue weighted by Gasteiger charge is 2.67. The second-order valence-electron chi connectivity index (χ2n) is 3.58. The van der Waals surface area contributed by atoms with Gasteiger partial charge in [0.25, 0.3) is 5.92 Å². The van der Waals surface area contributed by atoms with Gasteiger partial charge in [-0.25, -0.2) is 8.78 Å². The van der Waals surface area contributed by atoms with Crippen molar-refractivity contribution in [2.75, 3.05) is 0 Å². The Balaban J connectivity index is 2.22. The van der Waals surface area contributed by atoms with Crippen molar-refractivity contribution in [1.82, 2.24) is 0 Å². The van der Waals surface area contributed by atoms with Crippen LogP contribution in [0.25, 0.3) is 0 Å². The molecule has 0 spiro atoms. The van der Waals surface area contributed by atoms with Gasteiger partial charge in [-0.3, -0.25) is 0 Å². The van der Waals surface area contributed by atoms with E-state index in [1.54, 1.807) is 12.1 Å². The molecule has 0 bridgehead atoms. The number of alkyl halides is 2. The molecule has 2 atom stereocenters. The maximum atomic E-state index is 13.1. The molecule has 0 saturated heterocycles. The zero-order valence-corrected chi connectivity index (χ0v) is 7.50. The first-order valence-corrected chi connectivity index (χ1v) is 4.60. The molecule has 0 nitrogen and oxygen atoms in total. The minimum absolute atomic E-state index is 0.435. The lowest BCUT2D eigenvalue weighted by Gasteiger charge is -1.96. The van der Waals surface area contributed by atoms with E-state index in [1.807, 2.05) is 25.1 Å². The summed E-state index contributed by atoms with van der Waals surface area (Å²) in [6, 6.07) is 9.06. The zero-order chi connectivity index (χ0) is 9.47. The Morgan fingerprint density at radius 2 is 1.85 bits per heavy atom. The molecule has 1 fully saturated rings. The fraction of sp³-hybridized carbons (Fsp3) is 0.455. The number of benzene rings is 1. The predicted octanol–water partition coefficient (Wildman–Crippen LogP) is 3.45. The van der Waals surface area contributed by atoms with Gasteiger partial charge < -0.3 is 0 Å². The van der Waals surface area contributed by atoms with E-state index in [2.05, 4.69) is 0 Å². The molecule has 1 aromatic rings. The van der Waals surface area contributed by atoms with Gasteiger partial charge in [0.1, 0.15) is 0 Å². The second-order valence-corrected chi connectivity index (χ2v) is 3.58. The molecule has 70 valence electrons. The summed E-state index contributed by atoms with van der Waals surface area (Å²) in [6.07, 6.45) is 0.562. The van der Waals surface area contributed by atoms with E-state index < -0.39 is 17.8 Å². The minimum atomic E-state index is -2.46. The van der Waals surface area contributed by atoms with Crippen molar-refractivity contribution < 1.29 is 8.78 Å². The lowest BCUT2D eigenvalue weighted by atomic mass is 10.1. The maximum Gasteiger partial charge on any atom is 0.258 e. The second kappa shape index (κ2) is 2.79. The van der Waals surface area contributed by atoms with Gasteiger partial charge in [-0.05, 0) is 12.0 Å². The Bertz CT molecular complexity index is 292. The van der Waals surface area contributed by atoms with Gasteiger partial charge in [-0.15, -0.1) is 0 Å². The quantitative estimate of drug-likeness (QED) is 0.657. The van der Waals surface area contributed by atoms with Crippen LogP contribution in [0, 0.1) is 5.92 Å². The van der Waals surface area contributed by atoms with E-state index in [0.717, 1.165) is 5.56 Å². The molecule has 1 saturated carbocycles. The van der Waals surface area contributed by atoms with E-state index in [0.29, 0.717) is 6.42 Å². The number of rotatable bonds is 2. The van der Waals surface area contributed by atoms with Gasteiger partial charge in [-0.2, -0.15) is 0 Å². The zero-order valence-electron chi connectivity index (χ0n) is 7.50. The molecule has 0 aliphatic heterocycles. The summed E-state index contributed by atoms with van der Waals surface area (Å²) in [5.74, 6) is -3.43. The Morgan fingerprint density at radius 3 is 2.31 bits per heavy atom. The van der Waals surface area contributed by atoms with Crippen LogP contribution in [0.5, 0.6) is 0 Å². The van der Waals surface area contributed by atoms with Gasteiger partial charge in [0.15, 0.2) is 0 Å². The fourth-order valence-corrected chi connectivity index (χ4v) is 2.01. The summed E-state index contributed by atoms with van der Waals surface area (Å²) >= 11 is 0. The number of hydrogen-bond acceptors (Lipinski definition) is 0. The monoisotopic (exact) mass is 182 g/mol. The van der Waals surface area contributed by atoms with E-state index in [1.165, 1.54) is 0 Å². The minimum Gasteiger partial charge on any atom is -0.206 e. The van der Waals surface area contributed by atoms with Crippen molar-refractivity contribution in [2.45, 2.75) is 25.2 Å². The van der Waals surface area contributed by atoms with Crippen LogP contribution in [0.3, 0.4) is 0 Å². The van der Waals surface area contributed by atoms with Crippen LogP contribution in [0.1, 0.15) is 24.8 Å². The third-order valence-electron chi connectivity index (χ3n) is 2.80. The van der Waals surface area contributed by atoms with E-state index in [-0.39, 0.29) is 0 Å². The lowest BCUT2D eigenvalue weighted by Crippen LogP contribution is -1.93. The number of halogens is 2. The van der Waals surface area contributed by atoms with Crippen molar-refractivity contribution in [3.8, 4) is 0 Å². The molecule has 0 radical (unpaired) electrons. The van der Waals surface area contributed by atoms with Crippen LogP contribution >= 0.6 is 0 Å². The molecule has 2 heteroatoms. The van der Waals surface area contributed by atoms with Crippen LogP contribution < -0.4 is 0 Å². The summed E-state index contributed by atoms with van der Waals surface area (Å²) in [6.45, 7) is 1.82. The van der Waals surface area contributed by atoms with Crippen molar-refractivity contribution in [1.29, 1.82) is 0 Å². The Hall–Kier alpha value is -0.920. The fourth-order valence-electron chi connectivity index (χ4n) is 2.01. The Labute approximate surface area is 76.6 Å². The molecule has 1 aliphatic carbocycles.